The van der Waals surface area contributed by atoms with Crippen LogP contribution in [0.25, 0.3) is 0 Å². The van der Waals surface area contributed by atoms with E-state index in [9.17, 15) is 9.59 Å². The van der Waals surface area contributed by atoms with E-state index in [0.29, 0.717) is 5.56 Å². The summed E-state index contributed by atoms with van der Waals surface area (Å²) < 4.78 is 0. The normalized spacial score (nSPS) is 17.8. The maximum atomic E-state index is 11.8. The average Bonchev–Trinajstić information content (AvgIpc) is 2.73. The summed E-state index contributed by atoms with van der Waals surface area (Å²) >= 11 is 0. The van der Waals surface area contributed by atoms with Crippen LogP contribution in [-0.2, 0) is 11.2 Å². The topological polar surface area (TPSA) is 63.4 Å². The largest absolute Gasteiger partial charge is 0.366 e. The maximum absolute atomic E-state index is 11.8. The fourth-order valence-electron chi connectivity index (χ4n) is 2.48. The molecule has 2 N–H and O–H groups in total. The van der Waals surface area contributed by atoms with Gasteiger partial charge in [-0.25, -0.2) is 0 Å². The molecule has 0 radical (unpaired) electrons. The third kappa shape index (κ3) is 2.52. The second-order valence-corrected chi connectivity index (χ2v) is 4.70. The van der Waals surface area contributed by atoms with Gasteiger partial charge in [-0.2, -0.15) is 0 Å². The van der Waals surface area contributed by atoms with Crippen molar-refractivity contribution in [2.75, 3.05) is 4.90 Å². The van der Waals surface area contributed by atoms with Crippen LogP contribution >= 0.6 is 0 Å². The fourth-order valence-corrected chi connectivity index (χ4v) is 2.48. The molecule has 2 rings (SSSR count). The number of hydrogen-bond acceptors (Lipinski definition) is 2. The van der Waals surface area contributed by atoms with Crippen LogP contribution in [0.3, 0.4) is 0 Å². The summed E-state index contributed by atoms with van der Waals surface area (Å²) in [5.74, 6) is -0.430. The Bertz CT molecular complexity index is 549. The Kier molecular flexibility index (Phi) is 3.69. The molecule has 0 saturated carbocycles. The quantitative estimate of drug-likeness (QED) is 0.843. The number of benzene rings is 1. The van der Waals surface area contributed by atoms with E-state index in [1.807, 2.05) is 6.08 Å². The lowest BCUT2D eigenvalue weighted by molar-refractivity contribution is -0.116. The minimum absolute atomic E-state index is 0.0105. The number of hydrogen-bond donors (Lipinski definition) is 1. The smallest absolute Gasteiger partial charge is 0.248 e. The van der Waals surface area contributed by atoms with Crippen LogP contribution < -0.4 is 10.6 Å². The van der Waals surface area contributed by atoms with E-state index in [1.54, 1.807) is 30.0 Å². The van der Waals surface area contributed by atoms with E-state index in [-0.39, 0.29) is 11.9 Å². The molecule has 1 atom stereocenters. The van der Waals surface area contributed by atoms with Crippen LogP contribution in [0.4, 0.5) is 5.69 Å². The van der Waals surface area contributed by atoms with Crippen LogP contribution in [0.5, 0.6) is 0 Å². The first-order chi connectivity index (χ1) is 9.04. The zero-order valence-electron chi connectivity index (χ0n) is 11.2. The minimum atomic E-state index is -0.440. The Morgan fingerprint density at radius 1 is 1.47 bits per heavy atom. The van der Waals surface area contributed by atoms with Gasteiger partial charge in [-0.3, -0.25) is 9.59 Å². The zero-order chi connectivity index (χ0) is 14.0. The van der Waals surface area contributed by atoms with Crippen molar-refractivity contribution >= 4 is 17.5 Å². The summed E-state index contributed by atoms with van der Waals surface area (Å²) in [5, 5.41) is 0. The highest BCUT2D eigenvalue weighted by Gasteiger charge is 2.30. The van der Waals surface area contributed by atoms with Gasteiger partial charge in [0.25, 0.3) is 0 Å². The van der Waals surface area contributed by atoms with Crippen molar-refractivity contribution in [1.29, 1.82) is 0 Å². The summed E-state index contributed by atoms with van der Waals surface area (Å²) in [5.41, 5.74) is 7.65. The van der Waals surface area contributed by atoms with Crippen LogP contribution in [0.15, 0.2) is 30.4 Å². The lowest BCUT2D eigenvalue weighted by atomic mass is 10.1. The molecule has 0 aliphatic carbocycles. The first-order valence-corrected chi connectivity index (χ1v) is 6.43. The van der Waals surface area contributed by atoms with Crippen molar-refractivity contribution in [3.05, 3.63) is 41.5 Å². The maximum Gasteiger partial charge on any atom is 0.248 e. The van der Waals surface area contributed by atoms with E-state index in [1.165, 1.54) is 0 Å². The molecule has 4 nitrogen and oxygen atoms in total. The molecule has 2 amide bonds. The molecule has 1 aromatic carbocycles. The monoisotopic (exact) mass is 258 g/mol. The minimum Gasteiger partial charge on any atom is -0.366 e. The van der Waals surface area contributed by atoms with Crippen molar-refractivity contribution in [2.24, 2.45) is 5.73 Å². The number of anilines is 1. The van der Waals surface area contributed by atoms with Crippen molar-refractivity contribution in [3.8, 4) is 0 Å². The highest BCUT2D eigenvalue weighted by molar-refractivity contribution is 5.98. The first kappa shape index (κ1) is 13.3. The predicted octanol–water partition coefficient (Wildman–Crippen LogP) is 2.03. The second-order valence-electron chi connectivity index (χ2n) is 4.70. The van der Waals surface area contributed by atoms with E-state index >= 15 is 0 Å². The summed E-state index contributed by atoms with van der Waals surface area (Å²) in [6.07, 6.45) is 5.77. The van der Waals surface area contributed by atoms with Crippen LogP contribution in [-0.4, -0.2) is 17.9 Å². The fraction of sp³-hybridized carbons (Fsp3) is 0.333. The molecule has 0 fully saturated rings. The Morgan fingerprint density at radius 3 is 2.79 bits per heavy atom. The Labute approximate surface area is 112 Å². The van der Waals surface area contributed by atoms with Crippen LogP contribution in [0.1, 0.15) is 36.2 Å². The van der Waals surface area contributed by atoms with Gasteiger partial charge in [0.15, 0.2) is 0 Å². The van der Waals surface area contributed by atoms with Gasteiger partial charge in [-0.1, -0.05) is 19.1 Å². The van der Waals surface area contributed by atoms with E-state index in [2.05, 4.69) is 13.0 Å². The second kappa shape index (κ2) is 5.26. The summed E-state index contributed by atoms with van der Waals surface area (Å²) in [7, 11) is 0. The molecule has 1 aliphatic heterocycles. The van der Waals surface area contributed by atoms with Crippen molar-refractivity contribution in [3.63, 3.8) is 0 Å². The molecule has 0 saturated heterocycles. The molecule has 0 spiro atoms. The van der Waals surface area contributed by atoms with Gasteiger partial charge in [-0.15, -0.1) is 0 Å². The number of allylic oxidation sites excluding steroid dienone is 1. The van der Waals surface area contributed by atoms with E-state index in [4.69, 9.17) is 5.73 Å². The molecule has 0 aromatic heterocycles. The molecular formula is C15H18N2O2. The summed E-state index contributed by atoms with van der Waals surface area (Å²) in [6, 6.07) is 5.29. The number of nitrogens with two attached hydrogens (primary N) is 1. The first-order valence-electron chi connectivity index (χ1n) is 6.43. The molecule has 1 aliphatic rings. The number of fused-ring (bicyclic) bond motifs is 1. The number of primary amides is 1. The number of amides is 2. The zero-order valence-corrected chi connectivity index (χ0v) is 11.2. The molecule has 4 heteroatoms. The van der Waals surface area contributed by atoms with Gasteiger partial charge in [0.2, 0.25) is 11.8 Å². The SMILES string of the molecule is CC/C=C/C1Cc2cc(C(N)=O)ccc2N1C(C)=O. The predicted molar refractivity (Wildman–Crippen MR) is 75.0 cm³/mol. The molecule has 0 bridgehead atoms. The van der Waals surface area contributed by atoms with Gasteiger partial charge in [0.1, 0.15) is 0 Å². The molecule has 1 aromatic rings. The third-order valence-electron chi connectivity index (χ3n) is 3.32. The van der Waals surface area contributed by atoms with Crippen molar-refractivity contribution < 1.29 is 9.59 Å². The van der Waals surface area contributed by atoms with E-state index < -0.39 is 5.91 Å². The van der Waals surface area contributed by atoms with Crippen molar-refractivity contribution in [1.82, 2.24) is 0 Å². The standard InChI is InChI=1S/C15H18N2O2/c1-3-4-5-13-9-12-8-11(15(16)19)6-7-14(12)17(13)10(2)18/h4-8,13H,3,9H2,1-2H3,(H2,16,19)/b5-4+. The van der Waals surface area contributed by atoms with Crippen LogP contribution in [0.2, 0.25) is 0 Å². The molecular weight excluding hydrogens is 240 g/mol. The Balaban J connectivity index is 2.40. The lowest BCUT2D eigenvalue weighted by Crippen LogP contribution is -2.34. The summed E-state index contributed by atoms with van der Waals surface area (Å²) in [6.45, 7) is 3.62. The van der Waals surface area contributed by atoms with E-state index in [0.717, 1.165) is 24.1 Å². The molecule has 1 unspecified atom stereocenters. The third-order valence-corrected chi connectivity index (χ3v) is 3.32. The van der Waals surface area contributed by atoms with Gasteiger partial charge in [-0.05, 0) is 36.6 Å². The number of nitrogens with zero attached hydrogens (tertiary/aromatic N) is 1. The Morgan fingerprint density at radius 2 is 2.21 bits per heavy atom. The summed E-state index contributed by atoms with van der Waals surface area (Å²) in [4.78, 5) is 24.8. The lowest BCUT2D eigenvalue weighted by Gasteiger charge is -2.21. The number of carbonyl (C=O) groups excluding carboxylic acids is 2. The molecule has 1 heterocycles. The van der Waals surface area contributed by atoms with Crippen molar-refractivity contribution in [2.45, 2.75) is 32.7 Å². The van der Waals surface area contributed by atoms with Gasteiger partial charge in [0.05, 0.1) is 6.04 Å². The van der Waals surface area contributed by atoms with Gasteiger partial charge in [0, 0.05) is 18.2 Å². The average molecular weight is 258 g/mol. The van der Waals surface area contributed by atoms with Gasteiger partial charge < -0.3 is 10.6 Å². The number of carbonyl (C=O) groups is 2. The molecule has 100 valence electrons. The highest BCUT2D eigenvalue weighted by Crippen LogP contribution is 2.33. The molecule has 19 heavy (non-hydrogen) atoms. The van der Waals surface area contributed by atoms with Gasteiger partial charge >= 0.3 is 0 Å². The number of rotatable bonds is 3. The van der Waals surface area contributed by atoms with Crippen LogP contribution in [0, 0.1) is 0 Å². The Hall–Kier alpha value is -2.10. The highest BCUT2D eigenvalue weighted by atomic mass is 16.2.